The van der Waals surface area contributed by atoms with Gasteiger partial charge in [0.25, 0.3) is 0 Å². The quantitative estimate of drug-likeness (QED) is 0.598. The van der Waals surface area contributed by atoms with Gasteiger partial charge in [0, 0.05) is 18.4 Å². The monoisotopic (exact) mass is 267 g/mol. The van der Waals surface area contributed by atoms with Crippen molar-refractivity contribution in [3.8, 4) is 0 Å². The van der Waals surface area contributed by atoms with Crippen LogP contribution in [-0.4, -0.2) is 7.05 Å². The Balaban J connectivity index is 0.000000521. The molecule has 0 bridgehead atoms. The van der Waals surface area contributed by atoms with Gasteiger partial charge in [0.1, 0.15) is 0 Å². The third kappa shape index (κ3) is 4.77. The van der Waals surface area contributed by atoms with E-state index in [1.54, 1.807) is 12.2 Å². The van der Waals surface area contributed by atoms with Gasteiger partial charge < -0.3 is 4.90 Å². The third-order valence-electron chi connectivity index (χ3n) is 2.70. The van der Waals surface area contributed by atoms with Gasteiger partial charge in [-0.1, -0.05) is 82.7 Å². The lowest BCUT2D eigenvalue weighted by molar-refractivity contribution is 1.13. The molecule has 20 heavy (non-hydrogen) atoms. The maximum absolute atomic E-state index is 4.01. The van der Waals surface area contributed by atoms with Crippen molar-refractivity contribution in [2.45, 2.75) is 13.8 Å². The maximum atomic E-state index is 4.01. The second-order valence-electron chi connectivity index (χ2n) is 3.89. The number of fused-ring (bicyclic) bond motifs is 1. The second-order valence-corrected chi connectivity index (χ2v) is 3.89. The number of likely N-dealkylation sites (N-methyl/N-ethyl adjacent to an activating group) is 1. The Morgan fingerprint density at radius 1 is 0.950 bits per heavy atom. The summed E-state index contributed by atoms with van der Waals surface area (Å²) in [6.07, 6.45) is 7.36. The first kappa shape index (κ1) is 17.7. The minimum absolute atomic E-state index is 0.950. The maximum Gasteiger partial charge on any atom is 0.0481 e. The molecule has 2 rings (SSSR count). The molecule has 1 heterocycles. The lowest BCUT2D eigenvalue weighted by Gasteiger charge is -2.21. The lowest BCUT2D eigenvalue weighted by Crippen LogP contribution is -2.15. The standard InChI is InChI=1S/C13H13N.C4H6.C2H6/c1-10-8-9-12-6-4-5-7-13(12)14(3)11(10)2;1-3-4-2;1-2/h4-9H,1-2H2,3H3;3-4H,1-2H2;1-2H3. The number of rotatable bonds is 1. The van der Waals surface area contributed by atoms with Gasteiger partial charge >= 0.3 is 0 Å². The largest absolute Gasteiger partial charge is 0.344 e. The van der Waals surface area contributed by atoms with Gasteiger partial charge in [-0.2, -0.15) is 0 Å². The van der Waals surface area contributed by atoms with E-state index in [2.05, 4.69) is 49.4 Å². The van der Waals surface area contributed by atoms with E-state index >= 15 is 0 Å². The Hall–Kier alpha value is -2.28. The van der Waals surface area contributed by atoms with Crippen molar-refractivity contribution in [2.75, 3.05) is 11.9 Å². The SMILES string of the molecule is C=C1C=Cc2ccccc2N(C)C1=C.C=CC=C.CC. The van der Waals surface area contributed by atoms with Crippen LogP contribution < -0.4 is 4.90 Å². The van der Waals surface area contributed by atoms with Gasteiger partial charge in [-0.3, -0.25) is 0 Å². The molecule has 0 radical (unpaired) electrons. The molecule has 0 spiro atoms. The highest BCUT2D eigenvalue weighted by Crippen LogP contribution is 2.29. The van der Waals surface area contributed by atoms with E-state index in [0.717, 1.165) is 11.3 Å². The van der Waals surface area contributed by atoms with Gasteiger partial charge in [-0.25, -0.2) is 0 Å². The van der Waals surface area contributed by atoms with Crippen LogP contribution in [0.3, 0.4) is 0 Å². The van der Waals surface area contributed by atoms with Crippen molar-refractivity contribution in [1.82, 2.24) is 0 Å². The third-order valence-corrected chi connectivity index (χ3v) is 2.70. The van der Waals surface area contributed by atoms with Gasteiger partial charge in [0.2, 0.25) is 0 Å². The van der Waals surface area contributed by atoms with Crippen LogP contribution in [0.15, 0.2) is 80.1 Å². The van der Waals surface area contributed by atoms with E-state index < -0.39 is 0 Å². The highest BCUT2D eigenvalue weighted by molar-refractivity contribution is 5.75. The summed E-state index contributed by atoms with van der Waals surface area (Å²) in [6.45, 7) is 18.7. The fraction of sp³-hybridized carbons (Fsp3) is 0.158. The highest BCUT2D eigenvalue weighted by Gasteiger charge is 2.12. The molecule has 0 aliphatic carbocycles. The van der Waals surface area contributed by atoms with Gasteiger partial charge in [0.15, 0.2) is 0 Å². The van der Waals surface area contributed by atoms with Crippen molar-refractivity contribution in [1.29, 1.82) is 0 Å². The van der Waals surface area contributed by atoms with Crippen LogP contribution in [0.25, 0.3) is 6.08 Å². The van der Waals surface area contributed by atoms with E-state index in [-0.39, 0.29) is 0 Å². The van der Waals surface area contributed by atoms with E-state index in [1.807, 2.05) is 39.1 Å². The van der Waals surface area contributed by atoms with E-state index in [1.165, 1.54) is 11.3 Å². The number of allylic oxidation sites excluding steroid dienone is 3. The van der Waals surface area contributed by atoms with Crippen molar-refractivity contribution < 1.29 is 0 Å². The van der Waals surface area contributed by atoms with E-state index in [0.29, 0.717) is 0 Å². The van der Waals surface area contributed by atoms with Crippen LogP contribution in [0.1, 0.15) is 19.4 Å². The van der Waals surface area contributed by atoms with Crippen molar-refractivity contribution in [2.24, 2.45) is 0 Å². The minimum Gasteiger partial charge on any atom is -0.344 e. The van der Waals surface area contributed by atoms with E-state index in [4.69, 9.17) is 0 Å². The average Bonchev–Trinajstić information content (AvgIpc) is 2.62. The van der Waals surface area contributed by atoms with Gasteiger partial charge in [0.05, 0.1) is 0 Å². The minimum atomic E-state index is 0.950. The number of para-hydroxylation sites is 1. The summed E-state index contributed by atoms with van der Waals surface area (Å²) in [4.78, 5) is 2.07. The summed E-state index contributed by atoms with van der Waals surface area (Å²) in [5, 5.41) is 0. The van der Waals surface area contributed by atoms with Crippen molar-refractivity contribution in [3.05, 3.63) is 85.6 Å². The molecule has 106 valence electrons. The Labute approximate surface area is 123 Å². The Kier molecular flexibility index (Phi) is 8.53. The Bertz CT molecular complexity index is 500. The van der Waals surface area contributed by atoms with Crippen LogP contribution in [0.5, 0.6) is 0 Å². The molecule has 1 aliphatic heterocycles. The molecule has 1 heteroatoms. The molecule has 0 aromatic heterocycles. The molecule has 1 aromatic rings. The first-order valence-corrected chi connectivity index (χ1v) is 6.74. The number of benzene rings is 1. The molecule has 1 nitrogen and oxygen atoms in total. The average molecular weight is 267 g/mol. The summed E-state index contributed by atoms with van der Waals surface area (Å²) < 4.78 is 0. The molecular weight excluding hydrogens is 242 g/mol. The number of anilines is 1. The van der Waals surface area contributed by atoms with Crippen molar-refractivity contribution in [3.63, 3.8) is 0 Å². The Morgan fingerprint density at radius 3 is 2.05 bits per heavy atom. The molecule has 0 fully saturated rings. The summed E-state index contributed by atoms with van der Waals surface area (Å²) in [5.74, 6) is 0. The number of hydrogen-bond donors (Lipinski definition) is 0. The number of nitrogens with zero attached hydrogens (tertiary/aromatic N) is 1. The Morgan fingerprint density at radius 2 is 1.50 bits per heavy atom. The fourth-order valence-electron chi connectivity index (χ4n) is 1.58. The molecule has 0 N–H and O–H groups in total. The molecule has 0 saturated heterocycles. The summed E-state index contributed by atoms with van der Waals surface area (Å²) >= 11 is 0. The smallest absolute Gasteiger partial charge is 0.0481 e. The van der Waals surface area contributed by atoms with Gasteiger partial charge in [-0.05, 0) is 17.2 Å². The van der Waals surface area contributed by atoms with E-state index in [9.17, 15) is 0 Å². The molecule has 0 amide bonds. The fourth-order valence-corrected chi connectivity index (χ4v) is 1.58. The first-order valence-electron chi connectivity index (χ1n) is 6.74. The zero-order chi connectivity index (χ0) is 15.5. The molecule has 1 aromatic carbocycles. The zero-order valence-corrected chi connectivity index (χ0v) is 12.9. The normalized spacial score (nSPS) is 12.1. The van der Waals surface area contributed by atoms with Crippen LogP contribution in [0.4, 0.5) is 5.69 Å². The number of hydrogen-bond acceptors (Lipinski definition) is 1. The molecular formula is C19H25N. The van der Waals surface area contributed by atoms with Crippen LogP contribution in [0, 0.1) is 0 Å². The predicted molar refractivity (Wildman–Crippen MR) is 93.9 cm³/mol. The van der Waals surface area contributed by atoms with Crippen molar-refractivity contribution >= 4 is 11.8 Å². The molecule has 0 saturated carbocycles. The first-order chi connectivity index (χ1) is 9.61. The molecule has 1 aliphatic rings. The predicted octanol–water partition coefficient (Wildman–Crippen LogP) is 5.60. The lowest BCUT2D eigenvalue weighted by atomic mass is 10.1. The molecule has 0 unspecified atom stereocenters. The van der Waals surface area contributed by atoms with Crippen LogP contribution in [-0.2, 0) is 0 Å². The zero-order valence-electron chi connectivity index (χ0n) is 12.9. The summed E-state index contributed by atoms with van der Waals surface area (Å²) in [7, 11) is 2.01. The topological polar surface area (TPSA) is 3.24 Å². The van der Waals surface area contributed by atoms with Gasteiger partial charge in [-0.15, -0.1) is 0 Å². The summed E-state index contributed by atoms with van der Waals surface area (Å²) in [5.41, 5.74) is 4.29. The molecule has 0 atom stereocenters. The van der Waals surface area contributed by atoms with Crippen LogP contribution in [0.2, 0.25) is 0 Å². The summed E-state index contributed by atoms with van der Waals surface area (Å²) in [6, 6.07) is 8.25. The highest BCUT2D eigenvalue weighted by atomic mass is 15.1. The second kappa shape index (κ2) is 9.62. The van der Waals surface area contributed by atoms with Crippen LogP contribution >= 0.6 is 0 Å².